The third-order valence-electron chi connectivity index (χ3n) is 2.82. The van der Waals surface area contributed by atoms with E-state index in [0.29, 0.717) is 10.8 Å². The topological polar surface area (TPSA) is 44.3 Å². The van der Waals surface area contributed by atoms with Crippen molar-refractivity contribution in [2.45, 2.75) is 6.42 Å². The fourth-order valence-electron chi connectivity index (χ4n) is 1.78. The van der Waals surface area contributed by atoms with Crippen LogP contribution in [0.15, 0.2) is 42.5 Å². The van der Waals surface area contributed by atoms with E-state index in [1.165, 1.54) is 5.56 Å². The Morgan fingerprint density at radius 3 is 2.33 bits per heavy atom. The summed E-state index contributed by atoms with van der Waals surface area (Å²) in [6.07, 6.45) is 0.875. The SMILES string of the molecule is Oc1c(Cl)cc(NC(=S)NCCc2ccccc2)cc1Cl. The number of phenolic OH excluding ortho intramolecular Hbond substituents is 1. The number of thiocarbonyl (C=S) groups is 1. The van der Waals surface area contributed by atoms with E-state index < -0.39 is 0 Å². The summed E-state index contributed by atoms with van der Waals surface area (Å²) in [6, 6.07) is 13.3. The Morgan fingerprint density at radius 2 is 1.71 bits per heavy atom. The maximum atomic E-state index is 9.49. The van der Waals surface area contributed by atoms with Crippen molar-refractivity contribution in [2.24, 2.45) is 0 Å². The van der Waals surface area contributed by atoms with Gasteiger partial charge in [-0.1, -0.05) is 53.5 Å². The fourth-order valence-corrected chi connectivity index (χ4v) is 2.48. The second-order valence-electron chi connectivity index (χ2n) is 4.40. The van der Waals surface area contributed by atoms with E-state index in [0.717, 1.165) is 13.0 Å². The minimum Gasteiger partial charge on any atom is -0.505 e. The first-order chi connectivity index (χ1) is 10.1. The van der Waals surface area contributed by atoms with E-state index in [9.17, 15) is 5.11 Å². The molecule has 0 saturated heterocycles. The first-order valence-corrected chi connectivity index (χ1v) is 7.49. The number of nitrogens with one attached hydrogen (secondary N) is 2. The van der Waals surface area contributed by atoms with E-state index in [1.54, 1.807) is 12.1 Å². The van der Waals surface area contributed by atoms with E-state index >= 15 is 0 Å². The fraction of sp³-hybridized carbons (Fsp3) is 0.133. The van der Waals surface area contributed by atoms with Gasteiger partial charge in [-0.25, -0.2) is 0 Å². The molecule has 0 saturated carbocycles. The smallest absolute Gasteiger partial charge is 0.170 e. The zero-order chi connectivity index (χ0) is 15.2. The first kappa shape index (κ1) is 15.9. The summed E-state index contributed by atoms with van der Waals surface area (Å²) in [6.45, 7) is 0.718. The molecule has 0 bridgehead atoms. The van der Waals surface area contributed by atoms with E-state index in [4.69, 9.17) is 35.4 Å². The molecular formula is C15H14Cl2N2OS. The van der Waals surface area contributed by atoms with Gasteiger partial charge < -0.3 is 15.7 Å². The van der Waals surface area contributed by atoms with Gasteiger partial charge in [-0.05, 0) is 36.3 Å². The lowest BCUT2D eigenvalue weighted by Gasteiger charge is -2.12. The molecule has 21 heavy (non-hydrogen) atoms. The maximum Gasteiger partial charge on any atom is 0.170 e. The third kappa shape index (κ3) is 4.77. The molecule has 0 atom stereocenters. The van der Waals surface area contributed by atoms with Gasteiger partial charge >= 0.3 is 0 Å². The monoisotopic (exact) mass is 340 g/mol. The predicted molar refractivity (Wildman–Crippen MR) is 92.5 cm³/mol. The van der Waals surface area contributed by atoms with Crippen LogP contribution in [0.1, 0.15) is 5.56 Å². The minimum absolute atomic E-state index is 0.133. The van der Waals surface area contributed by atoms with Crippen LogP contribution in [0.4, 0.5) is 5.69 Å². The molecule has 0 aliphatic rings. The van der Waals surface area contributed by atoms with Crippen molar-refractivity contribution < 1.29 is 5.11 Å². The second kappa shape index (κ2) is 7.50. The number of hydrogen-bond donors (Lipinski definition) is 3. The molecule has 110 valence electrons. The lowest BCUT2D eigenvalue weighted by atomic mass is 10.1. The van der Waals surface area contributed by atoms with Crippen LogP contribution in [0.5, 0.6) is 5.75 Å². The van der Waals surface area contributed by atoms with Crippen LogP contribution in [0.2, 0.25) is 10.0 Å². The average Bonchev–Trinajstić information content (AvgIpc) is 2.46. The molecule has 0 unspecified atom stereocenters. The molecule has 2 aromatic carbocycles. The number of rotatable bonds is 4. The van der Waals surface area contributed by atoms with Gasteiger partial charge in [0.25, 0.3) is 0 Å². The Bertz CT molecular complexity index is 612. The summed E-state index contributed by atoms with van der Waals surface area (Å²) in [5, 5.41) is 16.4. The largest absolute Gasteiger partial charge is 0.505 e. The number of phenols is 1. The lowest BCUT2D eigenvalue weighted by Crippen LogP contribution is -2.30. The highest BCUT2D eigenvalue weighted by atomic mass is 35.5. The lowest BCUT2D eigenvalue weighted by molar-refractivity contribution is 0.476. The summed E-state index contributed by atoms with van der Waals surface area (Å²) in [7, 11) is 0. The van der Waals surface area contributed by atoms with Gasteiger partial charge in [0.05, 0.1) is 10.0 Å². The van der Waals surface area contributed by atoms with Crippen LogP contribution >= 0.6 is 35.4 Å². The standard InChI is InChI=1S/C15H14Cl2N2OS/c16-12-8-11(9-13(17)14(12)20)19-15(21)18-7-6-10-4-2-1-3-5-10/h1-5,8-9,20H,6-7H2,(H2,18,19,21). The number of aromatic hydroxyl groups is 1. The van der Waals surface area contributed by atoms with Gasteiger partial charge in [-0.2, -0.15) is 0 Å². The van der Waals surface area contributed by atoms with Gasteiger partial charge in [0.1, 0.15) is 0 Å². The summed E-state index contributed by atoms with van der Waals surface area (Å²) in [5.41, 5.74) is 1.86. The van der Waals surface area contributed by atoms with Gasteiger partial charge in [0.15, 0.2) is 10.9 Å². The third-order valence-corrected chi connectivity index (χ3v) is 3.64. The van der Waals surface area contributed by atoms with Crippen molar-refractivity contribution in [1.29, 1.82) is 0 Å². The summed E-state index contributed by atoms with van der Waals surface area (Å²) >= 11 is 16.9. The Kier molecular flexibility index (Phi) is 5.67. The van der Waals surface area contributed by atoms with Crippen molar-refractivity contribution in [3.63, 3.8) is 0 Å². The predicted octanol–water partition coefficient (Wildman–Crippen LogP) is 4.23. The molecule has 2 aromatic rings. The molecule has 6 heteroatoms. The molecule has 0 aliphatic carbocycles. The van der Waals surface area contributed by atoms with Crippen molar-refractivity contribution in [3.8, 4) is 5.75 Å². The molecule has 0 heterocycles. The van der Waals surface area contributed by atoms with Crippen LogP contribution in [-0.4, -0.2) is 16.8 Å². The molecule has 2 rings (SSSR count). The van der Waals surface area contributed by atoms with Crippen molar-refractivity contribution in [2.75, 3.05) is 11.9 Å². The van der Waals surface area contributed by atoms with E-state index in [2.05, 4.69) is 22.8 Å². The van der Waals surface area contributed by atoms with Crippen LogP contribution < -0.4 is 10.6 Å². The Hall–Kier alpha value is -1.49. The average molecular weight is 341 g/mol. The molecule has 0 radical (unpaired) electrons. The minimum atomic E-state index is -0.133. The quantitative estimate of drug-likeness (QED) is 0.575. The molecule has 0 amide bonds. The normalized spacial score (nSPS) is 10.2. The van der Waals surface area contributed by atoms with Gasteiger partial charge in [-0.15, -0.1) is 0 Å². The molecule has 0 aromatic heterocycles. The second-order valence-corrected chi connectivity index (χ2v) is 5.63. The zero-order valence-corrected chi connectivity index (χ0v) is 13.4. The van der Waals surface area contributed by atoms with Crippen LogP contribution in [0.3, 0.4) is 0 Å². The highest BCUT2D eigenvalue weighted by Crippen LogP contribution is 2.34. The molecule has 3 N–H and O–H groups in total. The van der Waals surface area contributed by atoms with Crippen LogP contribution in [0, 0.1) is 0 Å². The summed E-state index contributed by atoms with van der Waals surface area (Å²) in [4.78, 5) is 0. The number of hydrogen-bond acceptors (Lipinski definition) is 2. The van der Waals surface area contributed by atoms with E-state index in [-0.39, 0.29) is 15.8 Å². The molecule has 0 spiro atoms. The molecular weight excluding hydrogens is 327 g/mol. The van der Waals surface area contributed by atoms with Gasteiger partial charge in [0, 0.05) is 12.2 Å². The highest BCUT2D eigenvalue weighted by Gasteiger charge is 2.07. The molecule has 0 fully saturated rings. The highest BCUT2D eigenvalue weighted by molar-refractivity contribution is 7.80. The number of halogens is 2. The number of anilines is 1. The zero-order valence-electron chi connectivity index (χ0n) is 11.1. The summed E-state index contributed by atoms with van der Waals surface area (Å²) in [5.74, 6) is -0.133. The van der Waals surface area contributed by atoms with Gasteiger partial charge in [-0.3, -0.25) is 0 Å². The molecule has 0 aliphatic heterocycles. The van der Waals surface area contributed by atoms with Crippen molar-refractivity contribution in [3.05, 3.63) is 58.1 Å². The maximum absolute atomic E-state index is 9.49. The molecule has 3 nitrogen and oxygen atoms in total. The Balaban J connectivity index is 1.85. The Labute approximate surface area is 138 Å². The first-order valence-electron chi connectivity index (χ1n) is 6.33. The van der Waals surface area contributed by atoms with Crippen LogP contribution in [-0.2, 0) is 6.42 Å². The summed E-state index contributed by atoms with van der Waals surface area (Å²) < 4.78 is 0. The Morgan fingerprint density at radius 1 is 1.10 bits per heavy atom. The van der Waals surface area contributed by atoms with Crippen molar-refractivity contribution in [1.82, 2.24) is 5.32 Å². The van der Waals surface area contributed by atoms with E-state index in [1.807, 2.05) is 18.2 Å². The van der Waals surface area contributed by atoms with Crippen LogP contribution in [0.25, 0.3) is 0 Å². The van der Waals surface area contributed by atoms with Crippen molar-refractivity contribution >= 4 is 46.2 Å². The number of benzene rings is 2. The van der Waals surface area contributed by atoms with Gasteiger partial charge in [0.2, 0.25) is 0 Å².